The zero-order valence-electron chi connectivity index (χ0n) is 7.27. The van der Waals surface area contributed by atoms with Gasteiger partial charge in [0.15, 0.2) is 0 Å². The third kappa shape index (κ3) is 1.54. The van der Waals surface area contributed by atoms with E-state index in [9.17, 15) is 10.1 Å². The average molecular weight is 177 g/mol. The summed E-state index contributed by atoms with van der Waals surface area (Å²) in [4.78, 5) is 10.3. The van der Waals surface area contributed by atoms with Crippen molar-refractivity contribution in [3.05, 3.63) is 45.6 Å². The van der Waals surface area contributed by atoms with Crippen LogP contribution in [0.1, 0.15) is 19.3 Å². The number of allylic oxidation sites excluding steroid dienone is 4. The molecule has 0 radical (unpaired) electrons. The first kappa shape index (κ1) is 8.23. The Labute approximate surface area is 76.6 Å². The molecule has 0 saturated heterocycles. The highest BCUT2D eigenvalue weighted by Gasteiger charge is 2.20. The summed E-state index contributed by atoms with van der Waals surface area (Å²) in [5.74, 6) is 0. The predicted octanol–water partition coefficient (Wildman–Crippen LogP) is 2.24. The lowest BCUT2D eigenvalue weighted by atomic mass is 9.88. The summed E-state index contributed by atoms with van der Waals surface area (Å²) in [5.41, 5.74) is 2.33. The maximum absolute atomic E-state index is 10.5. The van der Waals surface area contributed by atoms with Gasteiger partial charge in [-0.25, -0.2) is 0 Å². The van der Waals surface area contributed by atoms with Gasteiger partial charge in [0.2, 0.25) is 6.04 Å². The third-order valence-corrected chi connectivity index (χ3v) is 2.47. The van der Waals surface area contributed by atoms with Crippen molar-refractivity contribution in [3.63, 3.8) is 0 Å². The molecule has 3 nitrogen and oxygen atoms in total. The molecule has 13 heavy (non-hydrogen) atoms. The fourth-order valence-corrected chi connectivity index (χ4v) is 1.78. The van der Waals surface area contributed by atoms with Crippen LogP contribution in [0.5, 0.6) is 0 Å². The maximum atomic E-state index is 10.5. The van der Waals surface area contributed by atoms with Crippen LogP contribution in [0.15, 0.2) is 35.5 Å². The van der Waals surface area contributed by atoms with Crippen molar-refractivity contribution in [2.75, 3.05) is 0 Å². The molecular formula is C10H11NO2. The van der Waals surface area contributed by atoms with E-state index in [1.807, 2.05) is 6.08 Å². The van der Waals surface area contributed by atoms with E-state index in [0.29, 0.717) is 0 Å². The molecule has 0 amide bonds. The van der Waals surface area contributed by atoms with Gasteiger partial charge in [0, 0.05) is 4.92 Å². The first-order valence-corrected chi connectivity index (χ1v) is 4.50. The average Bonchev–Trinajstić information content (AvgIpc) is 2.17. The van der Waals surface area contributed by atoms with E-state index >= 15 is 0 Å². The smallest absolute Gasteiger partial charge is 0.250 e. The number of fused-ring (bicyclic) bond motifs is 1. The quantitative estimate of drug-likeness (QED) is 0.455. The Morgan fingerprint density at radius 3 is 3.15 bits per heavy atom. The second-order valence-corrected chi connectivity index (χ2v) is 3.38. The Bertz CT molecular complexity index is 326. The van der Waals surface area contributed by atoms with Crippen molar-refractivity contribution in [1.82, 2.24) is 0 Å². The van der Waals surface area contributed by atoms with Crippen LogP contribution >= 0.6 is 0 Å². The molecule has 1 atom stereocenters. The van der Waals surface area contributed by atoms with Gasteiger partial charge >= 0.3 is 0 Å². The van der Waals surface area contributed by atoms with E-state index in [0.717, 1.165) is 24.8 Å². The molecule has 0 aromatic carbocycles. The van der Waals surface area contributed by atoms with Crippen molar-refractivity contribution < 1.29 is 4.92 Å². The Morgan fingerprint density at radius 1 is 1.54 bits per heavy atom. The molecule has 0 heterocycles. The van der Waals surface area contributed by atoms with E-state index in [-0.39, 0.29) is 4.92 Å². The molecule has 2 rings (SSSR count). The molecule has 0 saturated carbocycles. The number of nitro groups is 1. The van der Waals surface area contributed by atoms with Crippen LogP contribution < -0.4 is 0 Å². The first-order chi connectivity index (χ1) is 6.27. The van der Waals surface area contributed by atoms with Crippen LogP contribution in [0.2, 0.25) is 0 Å². The van der Waals surface area contributed by atoms with Crippen molar-refractivity contribution in [3.8, 4) is 0 Å². The molecule has 0 fully saturated rings. The van der Waals surface area contributed by atoms with Gasteiger partial charge in [-0.05, 0) is 42.6 Å². The van der Waals surface area contributed by atoms with E-state index in [4.69, 9.17) is 0 Å². The fourth-order valence-electron chi connectivity index (χ4n) is 1.78. The Balaban J connectivity index is 2.27. The van der Waals surface area contributed by atoms with Gasteiger partial charge in [0.25, 0.3) is 0 Å². The van der Waals surface area contributed by atoms with E-state index in [1.54, 1.807) is 12.2 Å². The normalized spacial score (nSPS) is 26.0. The molecule has 1 unspecified atom stereocenters. The minimum atomic E-state index is -0.606. The van der Waals surface area contributed by atoms with E-state index in [1.165, 1.54) is 5.57 Å². The van der Waals surface area contributed by atoms with E-state index < -0.39 is 6.04 Å². The van der Waals surface area contributed by atoms with Crippen molar-refractivity contribution in [2.45, 2.75) is 25.3 Å². The molecule has 0 aromatic rings. The van der Waals surface area contributed by atoms with Gasteiger partial charge in [-0.3, -0.25) is 10.1 Å². The molecule has 0 aliphatic heterocycles. The van der Waals surface area contributed by atoms with Gasteiger partial charge < -0.3 is 0 Å². The molecule has 0 bridgehead atoms. The summed E-state index contributed by atoms with van der Waals surface area (Å²) < 4.78 is 0. The minimum absolute atomic E-state index is 0.255. The highest BCUT2D eigenvalue weighted by molar-refractivity contribution is 5.45. The summed E-state index contributed by atoms with van der Waals surface area (Å²) in [6.07, 6.45) is 10.7. The van der Waals surface area contributed by atoms with Gasteiger partial charge in [0.05, 0.1) is 0 Å². The van der Waals surface area contributed by atoms with Gasteiger partial charge in [-0.1, -0.05) is 12.2 Å². The van der Waals surface area contributed by atoms with Crippen LogP contribution in [0.4, 0.5) is 0 Å². The number of nitrogens with zero attached hydrogens (tertiary/aromatic N) is 1. The number of rotatable bonds is 1. The molecule has 0 aromatic heterocycles. The largest absolute Gasteiger partial charge is 0.264 e. The molecule has 2 aliphatic rings. The number of hydrogen-bond donors (Lipinski definition) is 0. The summed E-state index contributed by atoms with van der Waals surface area (Å²) in [5, 5.41) is 10.5. The molecule has 3 heteroatoms. The zero-order chi connectivity index (χ0) is 9.26. The maximum Gasteiger partial charge on any atom is 0.250 e. The Hall–Kier alpha value is -1.38. The summed E-state index contributed by atoms with van der Waals surface area (Å²) >= 11 is 0. The van der Waals surface area contributed by atoms with Crippen molar-refractivity contribution >= 4 is 0 Å². The molecular weight excluding hydrogens is 166 g/mol. The topological polar surface area (TPSA) is 43.1 Å². The predicted molar refractivity (Wildman–Crippen MR) is 49.9 cm³/mol. The SMILES string of the molecule is O=[N+]([O-])C1C=CC2=CCCCC2=C1. The van der Waals surface area contributed by atoms with Crippen molar-refractivity contribution in [2.24, 2.45) is 0 Å². The van der Waals surface area contributed by atoms with Crippen LogP contribution in [0.3, 0.4) is 0 Å². The Kier molecular flexibility index (Phi) is 2.00. The summed E-state index contributed by atoms with van der Waals surface area (Å²) in [6, 6.07) is -0.606. The summed E-state index contributed by atoms with van der Waals surface area (Å²) in [7, 11) is 0. The first-order valence-electron chi connectivity index (χ1n) is 4.50. The standard InChI is InChI=1S/C10H11NO2/c12-11(13)10-6-5-8-3-1-2-4-9(8)7-10/h3,5-7,10H,1-2,4H2. The van der Waals surface area contributed by atoms with Crippen molar-refractivity contribution in [1.29, 1.82) is 0 Å². The van der Waals surface area contributed by atoms with Crippen LogP contribution in [0, 0.1) is 10.1 Å². The zero-order valence-corrected chi connectivity index (χ0v) is 7.27. The van der Waals surface area contributed by atoms with Crippen LogP contribution in [-0.4, -0.2) is 11.0 Å². The second-order valence-electron chi connectivity index (χ2n) is 3.38. The lowest BCUT2D eigenvalue weighted by Gasteiger charge is -2.17. The van der Waals surface area contributed by atoms with Gasteiger partial charge in [-0.15, -0.1) is 0 Å². The summed E-state index contributed by atoms with van der Waals surface area (Å²) in [6.45, 7) is 0. The molecule has 0 N–H and O–H groups in total. The lowest BCUT2D eigenvalue weighted by molar-refractivity contribution is -0.496. The minimum Gasteiger partial charge on any atom is -0.264 e. The highest BCUT2D eigenvalue weighted by atomic mass is 16.6. The van der Waals surface area contributed by atoms with E-state index in [2.05, 4.69) is 6.08 Å². The fraction of sp³-hybridized carbons (Fsp3) is 0.400. The number of hydrogen-bond acceptors (Lipinski definition) is 2. The van der Waals surface area contributed by atoms with Gasteiger partial charge in [0.1, 0.15) is 0 Å². The lowest BCUT2D eigenvalue weighted by Crippen LogP contribution is -2.17. The van der Waals surface area contributed by atoms with Crippen LogP contribution in [-0.2, 0) is 0 Å². The Morgan fingerprint density at radius 2 is 2.38 bits per heavy atom. The second kappa shape index (κ2) is 3.17. The molecule has 2 aliphatic carbocycles. The molecule has 0 spiro atoms. The monoisotopic (exact) mass is 177 g/mol. The third-order valence-electron chi connectivity index (χ3n) is 2.47. The van der Waals surface area contributed by atoms with Gasteiger partial charge in [-0.2, -0.15) is 0 Å². The van der Waals surface area contributed by atoms with Crippen LogP contribution in [0.25, 0.3) is 0 Å². The highest BCUT2D eigenvalue weighted by Crippen LogP contribution is 2.28. The molecule has 68 valence electrons.